The third-order valence-corrected chi connectivity index (χ3v) is 1.24. The van der Waals surface area contributed by atoms with Gasteiger partial charge in [-0.25, -0.2) is 0 Å². The average Bonchev–Trinajstić information content (AvgIpc) is 1.88. The molecule has 1 aromatic rings. The minimum absolute atomic E-state index is 0. The molecule has 52 valence electrons. The molecule has 0 spiro atoms. The van der Waals surface area contributed by atoms with Crippen molar-refractivity contribution in [1.82, 2.24) is 0 Å². The van der Waals surface area contributed by atoms with E-state index in [0.717, 1.165) is 5.69 Å². The Hall–Kier alpha value is 0.382. The predicted molar refractivity (Wildman–Crippen MR) is 51.6 cm³/mol. The second-order valence-electron chi connectivity index (χ2n) is 1.80. The third kappa shape index (κ3) is 4.76. The van der Waals surface area contributed by atoms with E-state index in [1.165, 1.54) is 0 Å². The van der Waals surface area contributed by atoms with Crippen LogP contribution in [0.4, 0.5) is 5.69 Å². The van der Waals surface area contributed by atoms with Gasteiger partial charge in [0.15, 0.2) is 0 Å². The first-order valence-electron chi connectivity index (χ1n) is 2.84. The third-order valence-electron chi connectivity index (χ3n) is 1.03. The summed E-state index contributed by atoms with van der Waals surface area (Å²) in [7, 11) is 0. The molecule has 11 heavy (non-hydrogen) atoms. The van der Waals surface area contributed by atoms with Crippen LogP contribution in [0.2, 0.25) is 0 Å². The molecule has 0 saturated carbocycles. The summed E-state index contributed by atoms with van der Waals surface area (Å²) in [5, 5.41) is 2.90. The summed E-state index contributed by atoms with van der Waals surface area (Å²) in [5.41, 5.74) is 0.975. The van der Waals surface area contributed by atoms with Crippen LogP contribution >= 0.6 is 24.8 Å². The van der Waals surface area contributed by atoms with Gasteiger partial charge in [0.1, 0.15) is 4.32 Å². The van der Waals surface area contributed by atoms with E-state index in [0.29, 0.717) is 4.32 Å². The molecule has 0 saturated heterocycles. The monoisotopic (exact) mass is 283 g/mol. The number of nitrogens with one attached hydrogen (secondary N) is 1. The number of thiol groups is 1. The SMILES string of the molecule is S=C(S)Nc1ccccc1.[Cd+2]. The minimum atomic E-state index is 0. The Balaban J connectivity index is 0.000001000. The van der Waals surface area contributed by atoms with Gasteiger partial charge in [-0.3, -0.25) is 0 Å². The fourth-order valence-corrected chi connectivity index (χ4v) is 0.892. The van der Waals surface area contributed by atoms with Crippen molar-refractivity contribution in [2.45, 2.75) is 0 Å². The van der Waals surface area contributed by atoms with E-state index in [9.17, 15) is 0 Å². The zero-order chi connectivity index (χ0) is 7.40. The van der Waals surface area contributed by atoms with E-state index in [2.05, 4.69) is 17.9 Å². The molecule has 0 aromatic heterocycles. The van der Waals surface area contributed by atoms with E-state index in [1.54, 1.807) is 0 Å². The van der Waals surface area contributed by atoms with Crippen molar-refractivity contribution in [1.29, 1.82) is 0 Å². The quantitative estimate of drug-likeness (QED) is 0.465. The Morgan fingerprint density at radius 2 is 1.82 bits per heavy atom. The van der Waals surface area contributed by atoms with Gasteiger partial charge in [-0.1, -0.05) is 30.4 Å². The molecule has 1 nitrogen and oxygen atoms in total. The first-order valence-corrected chi connectivity index (χ1v) is 3.69. The van der Waals surface area contributed by atoms with Crippen LogP contribution in [0.5, 0.6) is 0 Å². The topological polar surface area (TPSA) is 12.0 Å². The van der Waals surface area contributed by atoms with Crippen LogP contribution < -0.4 is 5.32 Å². The fourth-order valence-electron chi connectivity index (χ4n) is 0.645. The number of anilines is 1. The molecular formula is C7H7CdNS2+2. The number of hydrogen-bond acceptors (Lipinski definition) is 1. The molecule has 0 bridgehead atoms. The number of rotatable bonds is 1. The summed E-state index contributed by atoms with van der Waals surface area (Å²) in [6.07, 6.45) is 0. The molecule has 0 amide bonds. The number of thiocarbonyl (C=S) groups is 1. The summed E-state index contributed by atoms with van der Waals surface area (Å²) in [5.74, 6) is 0. The summed E-state index contributed by atoms with van der Waals surface area (Å²) in [4.78, 5) is 0. The van der Waals surface area contributed by atoms with Crippen LogP contribution in [0.15, 0.2) is 30.3 Å². The van der Waals surface area contributed by atoms with Crippen LogP contribution in [-0.4, -0.2) is 4.32 Å². The maximum Gasteiger partial charge on any atom is 2.00 e. The standard InChI is InChI=1S/C7H7NS2.Cd/c9-7(10)8-6-4-2-1-3-5-6;/h1-5H,(H2,8,9,10);/q;+2. The van der Waals surface area contributed by atoms with E-state index in [1.807, 2.05) is 30.3 Å². The van der Waals surface area contributed by atoms with Gasteiger partial charge in [0, 0.05) is 5.69 Å². The molecule has 4 heteroatoms. The second kappa shape index (κ2) is 5.96. The van der Waals surface area contributed by atoms with Gasteiger partial charge in [-0.05, 0) is 12.1 Å². The van der Waals surface area contributed by atoms with Gasteiger partial charge in [-0.15, -0.1) is 12.6 Å². The average molecular weight is 282 g/mol. The molecule has 0 atom stereocenters. The van der Waals surface area contributed by atoms with Gasteiger partial charge in [0.2, 0.25) is 0 Å². The summed E-state index contributed by atoms with van der Waals surface area (Å²) >= 11 is 8.66. The smallest absolute Gasteiger partial charge is 0.341 e. The van der Waals surface area contributed by atoms with Gasteiger partial charge in [0.05, 0.1) is 0 Å². The van der Waals surface area contributed by atoms with Crippen LogP contribution in [0.25, 0.3) is 0 Å². The number of benzene rings is 1. The van der Waals surface area contributed by atoms with Crippen LogP contribution in [-0.2, 0) is 27.3 Å². The number of para-hydroxylation sites is 1. The van der Waals surface area contributed by atoms with Crippen LogP contribution in [0.3, 0.4) is 0 Å². The van der Waals surface area contributed by atoms with Crippen molar-refractivity contribution in [3.05, 3.63) is 30.3 Å². The normalized spacial score (nSPS) is 8.09. The van der Waals surface area contributed by atoms with Crippen molar-refractivity contribution in [3.8, 4) is 0 Å². The Labute approximate surface area is 97.1 Å². The largest absolute Gasteiger partial charge is 2.00 e. The fraction of sp³-hybridized carbons (Fsp3) is 0. The van der Waals surface area contributed by atoms with Crippen molar-refractivity contribution >= 4 is 34.9 Å². The van der Waals surface area contributed by atoms with Crippen molar-refractivity contribution in [2.24, 2.45) is 0 Å². The molecule has 0 fully saturated rings. The van der Waals surface area contributed by atoms with Crippen LogP contribution in [0, 0.1) is 0 Å². The van der Waals surface area contributed by atoms with Gasteiger partial charge >= 0.3 is 27.3 Å². The maximum atomic E-state index is 4.73. The Bertz CT molecular complexity index is 225. The molecule has 0 heterocycles. The predicted octanol–water partition coefficient (Wildman–Crippen LogP) is 2.31. The first-order chi connectivity index (χ1) is 4.79. The summed E-state index contributed by atoms with van der Waals surface area (Å²) < 4.78 is 0.492. The molecule has 0 radical (unpaired) electrons. The van der Waals surface area contributed by atoms with Gasteiger partial charge in [-0.2, -0.15) is 0 Å². The summed E-state index contributed by atoms with van der Waals surface area (Å²) in [6, 6.07) is 9.69. The Morgan fingerprint density at radius 1 is 1.27 bits per heavy atom. The van der Waals surface area contributed by atoms with E-state index in [4.69, 9.17) is 12.2 Å². The second-order valence-corrected chi connectivity index (χ2v) is 2.95. The Kier molecular flexibility index (Phi) is 6.17. The van der Waals surface area contributed by atoms with Gasteiger partial charge < -0.3 is 5.32 Å². The first kappa shape index (κ1) is 11.4. The molecule has 0 unspecified atom stereocenters. The van der Waals surface area contributed by atoms with E-state index < -0.39 is 0 Å². The van der Waals surface area contributed by atoms with Crippen LogP contribution in [0.1, 0.15) is 0 Å². The zero-order valence-corrected chi connectivity index (χ0v) is 11.7. The van der Waals surface area contributed by atoms with Gasteiger partial charge in [0.25, 0.3) is 0 Å². The van der Waals surface area contributed by atoms with E-state index >= 15 is 0 Å². The zero-order valence-electron chi connectivity index (χ0n) is 5.95. The molecular weight excluding hydrogens is 275 g/mol. The van der Waals surface area contributed by atoms with Crippen molar-refractivity contribution in [3.63, 3.8) is 0 Å². The maximum absolute atomic E-state index is 4.73. The van der Waals surface area contributed by atoms with Crippen molar-refractivity contribution < 1.29 is 27.3 Å². The molecule has 1 aromatic carbocycles. The van der Waals surface area contributed by atoms with E-state index in [-0.39, 0.29) is 27.3 Å². The molecule has 0 aliphatic rings. The minimum Gasteiger partial charge on any atom is -0.341 e. The Morgan fingerprint density at radius 3 is 2.27 bits per heavy atom. The van der Waals surface area contributed by atoms with Crippen molar-refractivity contribution in [2.75, 3.05) is 5.32 Å². The molecule has 0 aliphatic carbocycles. The number of hydrogen-bond donors (Lipinski definition) is 2. The molecule has 1 N–H and O–H groups in total. The molecule has 0 aliphatic heterocycles. The summed E-state index contributed by atoms with van der Waals surface area (Å²) in [6.45, 7) is 0. The molecule has 1 rings (SSSR count).